The van der Waals surface area contributed by atoms with Gasteiger partial charge in [0.05, 0.1) is 11.6 Å². The molecular weight excluding hydrogens is 420 g/mol. The van der Waals surface area contributed by atoms with Gasteiger partial charge in [0, 0.05) is 17.3 Å². The van der Waals surface area contributed by atoms with E-state index in [1.54, 1.807) is 12.1 Å². The van der Waals surface area contributed by atoms with Crippen molar-refractivity contribution in [2.45, 2.75) is 64.5 Å². The number of hydrogen-bond donors (Lipinski definition) is 3. The Kier molecular flexibility index (Phi) is 6.18. The summed E-state index contributed by atoms with van der Waals surface area (Å²) >= 11 is 0. The maximum Gasteiger partial charge on any atom is 0.428 e. The molecule has 9 heteroatoms. The fourth-order valence-electron chi connectivity index (χ4n) is 4.87. The van der Waals surface area contributed by atoms with Crippen LogP contribution in [0.2, 0.25) is 0 Å². The maximum atomic E-state index is 12.4. The highest BCUT2D eigenvalue weighted by Crippen LogP contribution is 2.41. The van der Waals surface area contributed by atoms with Crippen molar-refractivity contribution in [1.82, 2.24) is 20.9 Å². The Bertz CT molecular complexity index is 1140. The fraction of sp³-hybridized carbons (Fsp3) is 0.458. The zero-order valence-electron chi connectivity index (χ0n) is 19.1. The topological polar surface area (TPSA) is 132 Å². The number of hydrogen-bond acceptors (Lipinski definition) is 6. The molecule has 4 rings (SSSR count). The Labute approximate surface area is 192 Å². The third kappa shape index (κ3) is 4.75. The molecule has 172 valence electrons. The standard InChI is InChI=1S/C24H28N6O3/c1-14-10-18(13-25)4-5-19(14)21-24(33-23(32)30-29-21)8-6-17(7-9-24)11-15(2)26-22(31)20-12-16(3)27-28-20/h4-5,10,12,15,17H,6-9,11H2,1-3H3,(H,26,31)(H,27,28)(H,30,32)/t15-,17?,24?/m0/s1. The van der Waals surface area contributed by atoms with Crippen molar-refractivity contribution in [2.75, 3.05) is 0 Å². The van der Waals surface area contributed by atoms with Crippen molar-refractivity contribution in [3.8, 4) is 6.07 Å². The molecule has 1 spiro atoms. The number of benzene rings is 1. The number of nitrogens with one attached hydrogen (secondary N) is 3. The van der Waals surface area contributed by atoms with Crippen LogP contribution in [0.4, 0.5) is 4.79 Å². The highest BCUT2D eigenvalue weighted by Gasteiger charge is 2.46. The van der Waals surface area contributed by atoms with E-state index in [1.807, 2.05) is 32.9 Å². The van der Waals surface area contributed by atoms with Crippen LogP contribution in [0.25, 0.3) is 0 Å². The van der Waals surface area contributed by atoms with Gasteiger partial charge in [0.25, 0.3) is 5.91 Å². The molecule has 1 aromatic carbocycles. The van der Waals surface area contributed by atoms with Crippen LogP contribution in [-0.4, -0.2) is 39.6 Å². The minimum absolute atomic E-state index is 0.00182. The summed E-state index contributed by atoms with van der Waals surface area (Å²) in [6.45, 7) is 5.79. The van der Waals surface area contributed by atoms with E-state index < -0.39 is 11.7 Å². The van der Waals surface area contributed by atoms with Crippen LogP contribution in [0.3, 0.4) is 0 Å². The second kappa shape index (κ2) is 9.06. The Morgan fingerprint density at radius 2 is 2.09 bits per heavy atom. The molecule has 1 saturated carbocycles. The zero-order chi connectivity index (χ0) is 23.6. The highest BCUT2D eigenvalue weighted by atomic mass is 16.6. The fourth-order valence-corrected chi connectivity index (χ4v) is 4.87. The molecule has 0 saturated heterocycles. The van der Waals surface area contributed by atoms with Gasteiger partial charge in [-0.2, -0.15) is 15.5 Å². The minimum atomic E-state index is -0.781. The Morgan fingerprint density at radius 3 is 2.73 bits per heavy atom. The Hall–Kier alpha value is -3.67. The predicted octanol–water partition coefficient (Wildman–Crippen LogP) is 3.48. The van der Waals surface area contributed by atoms with Crippen molar-refractivity contribution in [2.24, 2.45) is 11.0 Å². The van der Waals surface area contributed by atoms with Crippen LogP contribution in [0, 0.1) is 31.1 Å². The molecule has 2 heterocycles. The first-order valence-corrected chi connectivity index (χ1v) is 11.2. The number of H-pyrrole nitrogens is 1. The van der Waals surface area contributed by atoms with E-state index in [1.165, 1.54) is 0 Å². The van der Waals surface area contributed by atoms with Gasteiger partial charge in [-0.1, -0.05) is 6.07 Å². The van der Waals surface area contributed by atoms with Gasteiger partial charge in [-0.05, 0) is 82.6 Å². The molecule has 2 amide bonds. The number of carbonyl (C=O) groups is 2. The summed E-state index contributed by atoms with van der Waals surface area (Å²) in [7, 11) is 0. The number of nitrogens with zero attached hydrogens (tertiary/aromatic N) is 3. The Morgan fingerprint density at radius 1 is 1.33 bits per heavy atom. The Balaban J connectivity index is 1.42. The lowest BCUT2D eigenvalue weighted by Gasteiger charge is -2.42. The molecule has 1 aliphatic heterocycles. The molecule has 1 aliphatic carbocycles. The van der Waals surface area contributed by atoms with Crippen LogP contribution in [0.5, 0.6) is 0 Å². The first kappa shape index (κ1) is 22.5. The SMILES string of the molecule is Cc1cc(C(=O)N[C@@H](C)CC2CCC3(CC2)OC(=O)NN=C3c2ccc(C#N)cc2C)n[nH]1. The van der Waals surface area contributed by atoms with E-state index in [-0.39, 0.29) is 11.9 Å². The molecule has 0 unspecified atom stereocenters. The number of aryl methyl sites for hydroxylation is 2. The van der Waals surface area contributed by atoms with Gasteiger partial charge in [0.2, 0.25) is 0 Å². The van der Waals surface area contributed by atoms with Crippen molar-refractivity contribution in [3.63, 3.8) is 0 Å². The third-order valence-corrected chi connectivity index (χ3v) is 6.51. The average molecular weight is 449 g/mol. The van der Waals surface area contributed by atoms with E-state index in [0.717, 1.165) is 36.1 Å². The van der Waals surface area contributed by atoms with Crippen molar-refractivity contribution in [1.29, 1.82) is 5.26 Å². The maximum absolute atomic E-state index is 12.4. The summed E-state index contributed by atoms with van der Waals surface area (Å²) < 4.78 is 5.84. The molecule has 33 heavy (non-hydrogen) atoms. The molecule has 1 aromatic heterocycles. The summed E-state index contributed by atoms with van der Waals surface area (Å²) in [5.74, 6) is 0.209. The molecular formula is C24H28N6O3. The molecule has 2 aromatic rings. The first-order chi connectivity index (χ1) is 15.8. The van der Waals surface area contributed by atoms with E-state index in [9.17, 15) is 9.59 Å². The van der Waals surface area contributed by atoms with Gasteiger partial charge in [-0.25, -0.2) is 10.2 Å². The van der Waals surface area contributed by atoms with E-state index >= 15 is 0 Å². The lowest BCUT2D eigenvalue weighted by Crippen LogP contribution is -2.52. The predicted molar refractivity (Wildman–Crippen MR) is 122 cm³/mol. The number of amides is 2. The summed E-state index contributed by atoms with van der Waals surface area (Å²) in [5.41, 5.74) is 5.98. The van der Waals surface area contributed by atoms with Gasteiger partial charge < -0.3 is 10.1 Å². The lowest BCUT2D eigenvalue weighted by atomic mass is 9.72. The van der Waals surface area contributed by atoms with Gasteiger partial charge in [-0.3, -0.25) is 9.89 Å². The van der Waals surface area contributed by atoms with Crippen LogP contribution in [0.1, 0.15) is 71.9 Å². The number of ether oxygens (including phenoxy) is 1. The number of carbonyl (C=O) groups excluding carboxylic acids is 2. The van der Waals surface area contributed by atoms with Gasteiger partial charge in [0.15, 0.2) is 5.60 Å². The largest absolute Gasteiger partial charge is 0.435 e. The molecule has 0 bridgehead atoms. The summed E-state index contributed by atoms with van der Waals surface area (Å²) in [4.78, 5) is 24.4. The van der Waals surface area contributed by atoms with Crippen molar-refractivity contribution >= 4 is 17.7 Å². The van der Waals surface area contributed by atoms with Gasteiger partial charge in [-0.15, -0.1) is 0 Å². The van der Waals surface area contributed by atoms with Crippen LogP contribution in [0.15, 0.2) is 29.4 Å². The molecule has 3 N–H and O–H groups in total. The molecule has 0 radical (unpaired) electrons. The quantitative estimate of drug-likeness (QED) is 0.644. The van der Waals surface area contributed by atoms with Crippen LogP contribution >= 0.6 is 0 Å². The lowest BCUT2D eigenvalue weighted by molar-refractivity contribution is 0.0154. The molecule has 2 aliphatic rings. The van der Waals surface area contributed by atoms with Gasteiger partial charge in [0.1, 0.15) is 11.4 Å². The molecule has 9 nitrogen and oxygen atoms in total. The second-order valence-electron chi connectivity index (χ2n) is 9.09. The molecule has 1 fully saturated rings. The molecule has 1 atom stereocenters. The van der Waals surface area contributed by atoms with Crippen molar-refractivity contribution < 1.29 is 14.3 Å². The average Bonchev–Trinajstić information content (AvgIpc) is 3.22. The second-order valence-corrected chi connectivity index (χ2v) is 9.09. The van der Waals surface area contributed by atoms with E-state index in [2.05, 4.69) is 32.1 Å². The first-order valence-electron chi connectivity index (χ1n) is 11.2. The zero-order valence-corrected chi connectivity index (χ0v) is 19.1. The normalized spacial score (nSPS) is 23.2. The smallest absolute Gasteiger partial charge is 0.428 e. The number of aromatic nitrogens is 2. The van der Waals surface area contributed by atoms with Crippen LogP contribution in [-0.2, 0) is 4.74 Å². The van der Waals surface area contributed by atoms with E-state index in [4.69, 9.17) is 10.00 Å². The number of aromatic amines is 1. The summed E-state index contributed by atoms with van der Waals surface area (Å²) in [6, 6.07) is 9.32. The number of nitriles is 1. The highest BCUT2D eigenvalue weighted by molar-refractivity contribution is 6.09. The summed E-state index contributed by atoms with van der Waals surface area (Å²) in [6.07, 6.45) is 3.30. The monoisotopic (exact) mass is 448 g/mol. The van der Waals surface area contributed by atoms with Gasteiger partial charge >= 0.3 is 6.09 Å². The minimum Gasteiger partial charge on any atom is -0.435 e. The van der Waals surface area contributed by atoms with Crippen molar-refractivity contribution in [3.05, 3.63) is 52.3 Å². The van der Waals surface area contributed by atoms with E-state index in [0.29, 0.717) is 35.7 Å². The summed E-state index contributed by atoms with van der Waals surface area (Å²) in [5, 5.41) is 23.4. The number of hydrazone groups is 1. The van der Waals surface area contributed by atoms with Crippen LogP contribution < -0.4 is 10.7 Å². The third-order valence-electron chi connectivity index (χ3n) is 6.51. The number of rotatable bonds is 5.